The van der Waals surface area contributed by atoms with Gasteiger partial charge in [-0.3, -0.25) is 0 Å². The minimum absolute atomic E-state index is 0.417. The predicted octanol–water partition coefficient (Wildman–Crippen LogP) is 6.45. The van der Waals surface area contributed by atoms with Crippen molar-refractivity contribution in [2.45, 2.75) is 0 Å². The molecule has 54 heavy (non-hydrogen) atoms. The van der Waals surface area contributed by atoms with Crippen LogP contribution >= 0.6 is 15.8 Å². The van der Waals surface area contributed by atoms with Crippen molar-refractivity contribution < 1.29 is 37.9 Å². The number of hydrogen-bond acceptors (Lipinski definition) is 8. The topological polar surface area (TPSA) is 73.8 Å². The maximum absolute atomic E-state index is 6.67. The fourth-order valence-corrected chi connectivity index (χ4v) is 11.7. The molecule has 0 aromatic heterocycles. The first kappa shape index (κ1) is 35.6. The van der Waals surface area contributed by atoms with Gasteiger partial charge in [-0.15, -0.1) is 0 Å². The van der Waals surface area contributed by atoms with E-state index in [-0.39, 0.29) is 0 Å². The van der Waals surface area contributed by atoms with Gasteiger partial charge in [0.05, 0.1) is 28.4 Å². The summed E-state index contributed by atoms with van der Waals surface area (Å²) in [4.78, 5) is 0. The monoisotopic (exact) mass is 758 g/mol. The molecule has 6 aromatic carbocycles. The molecular formula is C44H40O8P2. The number of methoxy groups -OCH3 is 4. The maximum atomic E-state index is 6.67. The molecule has 8 nitrogen and oxygen atoms in total. The van der Waals surface area contributed by atoms with Crippen LogP contribution in [-0.4, -0.2) is 54.9 Å². The van der Waals surface area contributed by atoms with E-state index >= 15 is 0 Å². The van der Waals surface area contributed by atoms with E-state index in [4.69, 9.17) is 37.9 Å². The lowest BCUT2D eigenvalue weighted by atomic mass is 10.0. The molecule has 0 unspecified atom stereocenters. The zero-order valence-corrected chi connectivity index (χ0v) is 32.3. The summed E-state index contributed by atoms with van der Waals surface area (Å²) in [7, 11) is 4.39. The van der Waals surface area contributed by atoms with Gasteiger partial charge in [-0.05, 0) is 120 Å². The van der Waals surface area contributed by atoms with Gasteiger partial charge in [0.1, 0.15) is 49.4 Å². The Morgan fingerprint density at radius 2 is 0.630 bits per heavy atom. The molecule has 6 aromatic rings. The molecule has 2 aliphatic heterocycles. The molecule has 0 fully saturated rings. The fraction of sp³-hybridized carbons (Fsp3) is 0.182. The van der Waals surface area contributed by atoms with Gasteiger partial charge >= 0.3 is 0 Å². The second-order valence-electron chi connectivity index (χ2n) is 12.4. The highest BCUT2D eigenvalue weighted by molar-refractivity contribution is 7.80. The number of hydrogen-bond donors (Lipinski definition) is 0. The van der Waals surface area contributed by atoms with E-state index in [0.29, 0.717) is 49.4 Å². The Bertz CT molecular complexity index is 1970. The maximum Gasteiger partial charge on any atom is 0.169 e. The Morgan fingerprint density at radius 3 is 0.907 bits per heavy atom. The molecule has 0 saturated heterocycles. The minimum atomic E-state index is -1.18. The van der Waals surface area contributed by atoms with E-state index in [2.05, 4.69) is 60.7 Å². The highest BCUT2D eigenvalue weighted by Gasteiger charge is 2.34. The van der Waals surface area contributed by atoms with Crippen molar-refractivity contribution in [1.82, 2.24) is 0 Å². The Labute approximate surface area is 318 Å². The van der Waals surface area contributed by atoms with Gasteiger partial charge in [0, 0.05) is 11.1 Å². The summed E-state index contributed by atoms with van der Waals surface area (Å²) in [6.07, 6.45) is 0. The standard InChI is InChI=1S/C44H40O8P2/c1-45-29-5-13-33(14-6-29)53(34-15-7-30(46-2)8-16-34)39-23-21-37-43(51-27-25-49-37)41(39)42-40(24-22-38-44(42)52-28-26-50-38)54(35-17-9-31(47-3)10-18-35)36-19-11-32(48-4)12-20-36/h5-24H,25-28H2,1-4H3. The van der Waals surface area contributed by atoms with Crippen LogP contribution in [-0.2, 0) is 0 Å². The van der Waals surface area contributed by atoms with Crippen molar-refractivity contribution in [2.24, 2.45) is 0 Å². The molecule has 2 heterocycles. The first-order valence-corrected chi connectivity index (χ1v) is 20.3. The van der Waals surface area contributed by atoms with E-state index < -0.39 is 15.8 Å². The first-order chi connectivity index (χ1) is 26.6. The minimum Gasteiger partial charge on any atom is -0.497 e. The van der Waals surface area contributed by atoms with Gasteiger partial charge < -0.3 is 37.9 Å². The highest BCUT2D eigenvalue weighted by atomic mass is 31.1. The third-order valence-electron chi connectivity index (χ3n) is 9.43. The molecule has 0 aliphatic carbocycles. The van der Waals surface area contributed by atoms with Crippen LogP contribution in [0.3, 0.4) is 0 Å². The van der Waals surface area contributed by atoms with Gasteiger partial charge in [-0.25, -0.2) is 0 Å². The van der Waals surface area contributed by atoms with Crippen LogP contribution in [0.1, 0.15) is 0 Å². The van der Waals surface area contributed by atoms with E-state index in [9.17, 15) is 0 Å². The normalized spacial score (nSPS) is 13.1. The van der Waals surface area contributed by atoms with Crippen LogP contribution in [0.2, 0.25) is 0 Å². The average molecular weight is 759 g/mol. The summed E-state index contributed by atoms with van der Waals surface area (Å²) in [5.41, 5.74) is 1.86. The summed E-state index contributed by atoms with van der Waals surface area (Å²) in [5, 5.41) is 6.76. The van der Waals surface area contributed by atoms with Crippen molar-refractivity contribution in [3.05, 3.63) is 121 Å². The number of ether oxygens (including phenoxy) is 8. The lowest BCUT2D eigenvalue weighted by Gasteiger charge is -2.32. The van der Waals surface area contributed by atoms with Gasteiger partial charge in [0.15, 0.2) is 23.0 Å². The molecule has 0 bridgehead atoms. The van der Waals surface area contributed by atoms with E-state index in [0.717, 1.165) is 66.0 Å². The van der Waals surface area contributed by atoms with Gasteiger partial charge in [0.25, 0.3) is 0 Å². The van der Waals surface area contributed by atoms with Crippen LogP contribution in [0.4, 0.5) is 0 Å². The van der Waals surface area contributed by atoms with Gasteiger partial charge in [-0.1, -0.05) is 48.5 Å². The molecule has 10 heteroatoms. The van der Waals surface area contributed by atoms with Crippen molar-refractivity contribution in [2.75, 3.05) is 54.9 Å². The summed E-state index contributed by atoms with van der Waals surface area (Å²) in [6.45, 7) is 1.75. The zero-order chi connectivity index (χ0) is 37.0. The van der Waals surface area contributed by atoms with Crippen LogP contribution in [0, 0.1) is 0 Å². The Balaban J connectivity index is 1.45. The summed E-state index contributed by atoms with van der Waals surface area (Å²) in [5.74, 6) is 5.94. The molecule has 2 aliphatic rings. The Kier molecular flexibility index (Phi) is 10.5. The summed E-state index contributed by atoms with van der Waals surface area (Å²) >= 11 is 0. The van der Waals surface area contributed by atoms with Crippen LogP contribution in [0.25, 0.3) is 11.1 Å². The Morgan fingerprint density at radius 1 is 0.352 bits per heavy atom. The third-order valence-corrected chi connectivity index (χ3v) is 14.4. The summed E-state index contributed by atoms with van der Waals surface area (Å²) < 4.78 is 48.3. The Hall–Kier alpha value is -5.42. The molecule has 0 atom stereocenters. The second-order valence-corrected chi connectivity index (χ2v) is 16.8. The van der Waals surface area contributed by atoms with Crippen LogP contribution in [0.5, 0.6) is 46.0 Å². The smallest absolute Gasteiger partial charge is 0.169 e. The molecular weight excluding hydrogens is 718 g/mol. The quantitative estimate of drug-likeness (QED) is 0.140. The average Bonchev–Trinajstić information content (AvgIpc) is 3.24. The number of benzene rings is 6. The first-order valence-electron chi connectivity index (χ1n) is 17.6. The van der Waals surface area contributed by atoms with E-state index in [1.54, 1.807) is 28.4 Å². The zero-order valence-electron chi connectivity index (χ0n) is 30.5. The molecule has 0 radical (unpaired) electrons. The largest absolute Gasteiger partial charge is 0.497 e. The molecule has 274 valence electrons. The van der Waals surface area contributed by atoms with Crippen molar-refractivity contribution in [3.8, 4) is 57.1 Å². The van der Waals surface area contributed by atoms with Crippen molar-refractivity contribution >= 4 is 47.7 Å². The molecule has 0 N–H and O–H groups in total. The highest BCUT2D eigenvalue weighted by Crippen LogP contribution is 2.52. The molecule has 0 amide bonds. The van der Waals surface area contributed by atoms with Crippen LogP contribution in [0.15, 0.2) is 121 Å². The summed E-state index contributed by atoms with van der Waals surface area (Å²) in [6, 6.07) is 41.8. The van der Waals surface area contributed by atoms with Crippen LogP contribution < -0.4 is 69.7 Å². The van der Waals surface area contributed by atoms with Crippen molar-refractivity contribution in [1.29, 1.82) is 0 Å². The number of fused-ring (bicyclic) bond motifs is 2. The predicted molar refractivity (Wildman–Crippen MR) is 217 cm³/mol. The molecule has 0 saturated carbocycles. The van der Waals surface area contributed by atoms with E-state index in [1.807, 2.05) is 60.7 Å². The van der Waals surface area contributed by atoms with Crippen molar-refractivity contribution in [3.63, 3.8) is 0 Å². The third kappa shape index (κ3) is 6.88. The van der Waals surface area contributed by atoms with Gasteiger partial charge in [-0.2, -0.15) is 0 Å². The number of rotatable bonds is 11. The van der Waals surface area contributed by atoms with E-state index in [1.165, 1.54) is 0 Å². The molecule has 0 spiro atoms. The lowest BCUT2D eigenvalue weighted by Crippen LogP contribution is -2.29. The fourth-order valence-electron chi connectivity index (χ4n) is 6.85. The van der Waals surface area contributed by atoms with Gasteiger partial charge in [0.2, 0.25) is 0 Å². The molecule has 8 rings (SSSR count). The second kappa shape index (κ2) is 15.9. The SMILES string of the molecule is COc1ccc(P(c2ccc(OC)cc2)c2ccc3c(c2-c2c(P(c4ccc(OC)cc4)c4ccc(OC)cc4)ccc4c2OCCO4)OCCO3)cc1. The lowest BCUT2D eigenvalue weighted by molar-refractivity contribution is 0.170.